The summed E-state index contributed by atoms with van der Waals surface area (Å²) in [5, 5.41) is 0. The van der Waals surface area contributed by atoms with Crippen LogP contribution >= 0.6 is 22.6 Å². The Morgan fingerprint density at radius 1 is 1.33 bits per heavy atom. The van der Waals surface area contributed by atoms with Gasteiger partial charge in [-0.3, -0.25) is 4.98 Å². The van der Waals surface area contributed by atoms with Gasteiger partial charge >= 0.3 is 12.8 Å². The lowest BCUT2D eigenvalue weighted by atomic mass is 10.3. The van der Waals surface area contributed by atoms with E-state index in [1.54, 1.807) is 0 Å². The first kappa shape index (κ1) is 12.4. The van der Waals surface area contributed by atoms with Crippen molar-refractivity contribution < 1.29 is 26.7 Å². The second-order valence-electron chi connectivity index (χ2n) is 2.35. The van der Waals surface area contributed by atoms with E-state index in [0.29, 0.717) is 0 Å². The lowest BCUT2D eigenvalue weighted by molar-refractivity contribution is -0.142. The number of aromatic nitrogens is 1. The van der Waals surface area contributed by atoms with Gasteiger partial charge in [0.25, 0.3) is 0 Å². The maximum absolute atomic E-state index is 12.3. The van der Waals surface area contributed by atoms with E-state index in [1.807, 2.05) is 0 Å². The maximum Gasteiger partial charge on any atom is 0.434 e. The van der Waals surface area contributed by atoms with Gasteiger partial charge in [-0.1, -0.05) is 0 Å². The first-order valence-corrected chi connectivity index (χ1v) is 4.56. The van der Waals surface area contributed by atoms with Crippen molar-refractivity contribution in [2.24, 2.45) is 0 Å². The molecule has 0 atom stereocenters. The summed E-state index contributed by atoms with van der Waals surface area (Å²) in [5.74, 6) is -0.534. The Morgan fingerprint density at radius 2 is 1.93 bits per heavy atom. The molecule has 1 aromatic heterocycles. The van der Waals surface area contributed by atoms with E-state index in [2.05, 4.69) is 9.72 Å². The van der Waals surface area contributed by atoms with Gasteiger partial charge in [0.1, 0.15) is 5.75 Å². The highest BCUT2D eigenvalue weighted by atomic mass is 127. The topological polar surface area (TPSA) is 22.1 Å². The van der Waals surface area contributed by atoms with Gasteiger partial charge in [-0.05, 0) is 28.7 Å². The SMILES string of the molecule is FC(F)Oc1ccnc(C(F)(F)F)c1I. The first-order valence-electron chi connectivity index (χ1n) is 3.49. The van der Waals surface area contributed by atoms with Crippen LogP contribution in [0.1, 0.15) is 5.69 Å². The molecule has 0 unspecified atom stereocenters. The largest absolute Gasteiger partial charge is 0.434 e. The van der Waals surface area contributed by atoms with E-state index in [0.717, 1.165) is 12.3 Å². The van der Waals surface area contributed by atoms with Gasteiger partial charge in [0, 0.05) is 6.20 Å². The van der Waals surface area contributed by atoms with Gasteiger partial charge in [0.05, 0.1) is 3.57 Å². The molecule has 84 valence electrons. The summed E-state index contributed by atoms with van der Waals surface area (Å²) >= 11 is 1.26. The van der Waals surface area contributed by atoms with Crippen LogP contribution in [0.3, 0.4) is 0 Å². The minimum atomic E-state index is -4.68. The molecular formula is C7H3F5INO. The predicted octanol–water partition coefficient (Wildman–Crippen LogP) is 3.31. The van der Waals surface area contributed by atoms with Crippen molar-refractivity contribution in [1.29, 1.82) is 0 Å². The Kier molecular flexibility index (Phi) is 3.68. The minimum Gasteiger partial charge on any atom is -0.434 e. The molecule has 15 heavy (non-hydrogen) atoms. The molecular weight excluding hydrogens is 336 g/mol. The quantitative estimate of drug-likeness (QED) is 0.609. The van der Waals surface area contributed by atoms with Crippen LogP contribution in [0.4, 0.5) is 22.0 Å². The molecule has 1 rings (SSSR count). The number of nitrogens with zero attached hydrogens (tertiary/aromatic N) is 1. The normalized spacial score (nSPS) is 11.9. The van der Waals surface area contributed by atoms with Crippen LogP contribution < -0.4 is 4.74 Å². The summed E-state index contributed by atoms with van der Waals surface area (Å²) in [6.07, 6.45) is -3.92. The Balaban J connectivity index is 3.12. The van der Waals surface area contributed by atoms with Crippen molar-refractivity contribution >= 4 is 22.6 Å². The molecule has 2 nitrogen and oxygen atoms in total. The summed E-state index contributed by atoms with van der Waals surface area (Å²) in [6, 6.07) is 0.948. The second-order valence-corrected chi connectivity index (χ2v) is 3.43. The molecule has 0 aliphatic rings. The highest BCUT2D eigenvalue weighted by Gasteiger charge is 2.36. The number of pyridine rings is 1. The van der Waals surface area contributed by atoms with E-state index in [-0.39, 0.29) is 0 Å². The van der Waals surface area contributed by atoms with Gasteiger partial charge in [0.2, 0.25) is 0 Å². The molecule has 0 aliphatic heterocycles. The average molecular weight is 339 g/mol. The van der Waals surface area contributed by atoms with Gasteiger partial charge in [-0.2, -0.15) is 22.0 Å². The Bertz CT molecular complexity index is 354. The Hall–Kier alpha value is -0.670. The van der Waals surface area contributed by atoms with Crippen LogP contribution in [0.25, 0.3) is 0 Å². The third-order valence-electron chi connectivity index (χ3n) is 1.34. The fourth-order valence-electron chi connectivity index (χ4n) is 0.811. The lowest BCUT2D eigenvalue weighted by Crippen LogP contribution is -2.12. The van der Waals surface area contributed by atoms with Crippen molar-refractivity contribution in [3.05, 3.63) is 21.5 Å². The Labute approximate surface area is 94.6 Å². The molecule has 0 aromatic carbocycles. The number of hydrogen-bond donors (Lipinski definition) is 0. The first-order chi connectivity index (χ1) is 6.82. The monoisotopic (exact) mass is 339 g/mol. The van der Waals surface area contributed by atoms with E-state index >= 15 is 0 Å². The zero-order chi connectivity index (χ0) is 11.6. The van der Waals surface area contributed by atoms with Crippen LogP contribution in [-0.2, 0) is 6.18 Å². The zero-order valence-electron chi connectivity index (χ0n) is 6.86. The fourth-order valence-corrected chi connectivity index (χ4v) is 1.56. The molecule has 0 amide bonds. The molecule has 1 heterocycles. The van der Waals surface area contributed by atoms with E-state index in [4.69, 9.17) is 0 Å². The third kappa shape index (κ3) is 3.14. The van der Waals surface area contributed by atoms with Crippen LogP contribution in [0.5, 0.6) is 5.75 Å². The van der Waals surface area contributed by atoms with Crippen molar-refractivity contribution in [1.82, 2.24) is 4.98 Å². The molecule has 0 saturated carbocycles. The summed E-state index contributed by atoms with van der Waals surface area (Å²) in [6.45, 7) is -3.16. The molecule has 0 fully saturated rings. The summed E-state index contributed by atoms with van der Waals surface area (Å²) < 4.78 is 63.8. The molecule has 1 aromatic rings. The van der Waals surface area contributed by atoms with Gasteiger partial charge in [0.15, 0.2) is 5.69 Å². The van der Waals surface area contributed by atoms with Gasteiger partial charge in [-0.25, -0.2) is 0 Å². The second kappa shape index (κ2) is 4.45. The fraction of sp³-hybridized carbons (Fsp3) is 0.286. The van der Waals surface area contributed by atoms with E-state index < -0.39 is 27.8 Å². The highest BCUT2D eigenvalue weighted by molar-refractivity contribution is 14.1. The average Bonchev–Trinajstić information content (AvgIpc) is 2.05. The number of rotatable bonds is 2. The number of halogens is 6. The van der Waals surface area contributed by atoms with Crippen LogP contribution in [0.2, 0.25) is 0 Å². The Morgan fingerprint density at radius 3 is 2.40 bits per heavy atom. The molecule has 0 spiro atoms. The summed E-state index contributed by atoms with van der Waals surface area (Å²) in [4.78, 5) is 3.06. The highest BCUT2D eigenvalue weighted by Crippen LogP contribution is 2.35. The number of alkyl halides is 5. The molecule has 0 radical (unpaired) electrons. The van der Waals surface area contributed by atoms with Crippen LogP contribution in [0, 0.1) is 3.57 Å². The summed E-state index contributed by atoms with van der Waals surface area (Å²) in [5.41, 5.74) is -1.23. The summed E-state index contributed by atoms with van der Waals surface area (Å²) in [7, 11) is 0. The molecule has 0 bridgehead atoms. The van der Waals surface area contributed by atoms with Crippen molar-refractivity contribution in [3.63, 3.8) is 0 Å². The van der Waals surface area contributed by atoms with Crippen LogP contribution in [-0.4, -0.2) is 11.6 Å². The van der Waals surface area contributed by atoms with Gasteiger partial charge in [-0.15, -0.1) is 0 Å². The van der Waals surface area contributed by atoms with E-state index in [1.165, 1.54) is 22.6 Å². The molecule has 0 N–H and O–H groups in total. The number of hydrogen-bond acceptors (Lipinski definition) is 2. The zero-order valence-corrected chi connectivity index (χ0v) is 9.01. The van der Waals surface area contributed by atoms with Crippen LogP contribution in [0.15, 0.2) is 12.3 Å². The maximum atomic E-state index is 12.3. The predicted molar refractivity (Wildman–Crippen MR) is 48.6 cm³/mol. The minimum absolute atomic E-state index is 0.483. The molecule has 0 saturated heterocycles. The third-order valence-corrected chi connectivity index (χ3v) is 2.38. The van der Waals surface area contributed by atoms with Crippen molar-refractivity contribution in [3.8, 4) is 5.75 Å². The van der Waals surface area contributed by atoms with Gasteiger partial charge < -0.3 is 4.74 Å². The van der Waals surface area contributed by atoms with E-state index in [9.17, 15) is 22.0 Å². The molecule has 0 aliphatic carbocycles. The standard InChI is InChI=1S/C7H3F5INO/c8-6(9)15-3-1-2-14-5(4(3)13)7(10,11)12/h1-2,6H. The smallest absolute Gasteiger partial charge is 0.434 e. The van der Waals surface area contributed by atoms with Crippen molar-refractivity contribution in [2.75, 3.05) is 0 Å². The van der Waals surface area contributed by atoms with Crippen molar-refractivity contribution in [2.45, 2.75) is 12.8 Å². The lowest BCUT2D eigenvalue weighted by Gasteiger charge is -2.11. The number of ether oxygens (including phenoxy) is 1. The molecule has 8 heteroatoms.